The van der Waals surface area contributed by atoms with Crippen molar-refractivity contribution < 1.29 is 4.79 Å². The molecule has 0 saturated carbocycles. The summed E-state index contributed by atoms with van der Waals surface area (Å²) in [5.74, 6) is 0.0128. The van der Waals surface area contributed by atoms with Crippen LogP contribution in [0.5, 0.6) is 0 Å². The Kier molecular flexibility index (Phi) is 4.28. The number of unbranched alkanes of at least 4 members (excludes halogenated alkanes) is 1. The summed E-state index contributed by atoms with van der Waals surface area (Å²) in [5, 5.41) is 0. The van der Waals surface area contributed by atoms with Gasteiger partial charge >= 0.3 is 0 Å². The van der Waals surface area contributed by atoms with Gasteiger partial charge in [-0.2, -0.15) is 0 Å². The van der Waals surface area contributed by atoms with Gasteiger partial charge in [-0.05, 0) is 49.6 Å². The number of hydrogen-bond acceptors (Lipinski definition) is 2. The van der Waals surface area contributed by atoms with E-state index in [0.29, 0.717) is 5.71 Å². The van der Waals surface area contributed by atoms with Gasteiger partial charge < -0.3 is 4.90 Å². The lowest BCUT2D eigenvalue weighted by molar-refractivity contribution is -0.112. The fourth-order valence-corrected chi connectivity index (χ4v) is 3.05. The number of carbonyl (C=O) groups excluding carboxylic acids is 1. The van der Waals surface area contributed by atoms with Crippen LogP contribution >= 0.6 is 0 Å². The highest BCUT2D eigenvalue weighted by molar-refractivity contribution is 6.54. The number of benzene rings is 2. The van der Waals surface area contributed by atoms with Crippen LogP contribution in [0.1, 0.15) is 36.5 Å². The normalized spacial score (nSPS) is 15.3. The summed E-state index contributed by atoms with van der Waals surface area (Å²) in [4.78, 5) is 19.4. The number of hydrogen-bond donors (Lipinski definition) is 0. The summed E-state index contributed by atoms with van der Waals surface area (Å²) in [6, 6.07) is 14.1. The minimum atomic E-state index is 0.0128. The first-order valence-corrected chi connectivity index (χ1v) is 8.18. The average molecular weight is 306 g/mol. The topological polar surface area (TPSA) is 32.7 Å². The molecule has 3 rings (SSSR count). The lowest BCUT2D eigenvalue weighted by Crippen LogP contribution is -2.30. The Morgan fingerprint density at radius 3 is 2.43 bits per heavy atom. The van der Waals surface area contributed by atoms with Crippen LogP contribution < -0.4 is 4.90 Å². The van der Waals surface area contributed by atoms with Crippen LogP contribution in [0.3, 0.4) is 0 Å². The van der Waals surface area contributed by atoms with Crippen molar-refractivity contribution in [3.05, 3.63) is 59.2 Å². The van der Waals surface area contributed by atoms with Crippen LogP contribution in [0.2, 0.25) is 0 Å². The third-order valence-corrected chi connectivity index (χ3v) is 4.08. The van der Waals surface area contributed by atoms with Crippen LogP contribution in [-0.2, 0) is 4.79 Å². The minimum absolute atomic E-state index is 0.0128. The number of aliphatic imine (C=N–C) groups is 1. The molecule has 23 heavy (non-hydrogen) atoms. The summed E-state index contributed by atoms with van der Waals surface area (Å²) in [6.45, 7) is 6.98. The molecule has 2 aromatic carbocycles. The molecule has 1 heterocycles. The molecule has 0 fully saturated rings. The Morgan fingerprint density at radius 1 is 1.04 bits per heavy atom. The molecule has 1 aliphatic rings. The number of para-hydroxylation sites is 1. The zero-order chi connectivity index (χ0) is 16.4. The van der Waals surface area contributed by atoms with E-state index in [0.717, 1.165) is 47.5 Å². The van der Waals surface area contributed by atoms with Crippen LogP contribution in [0.25, 0.3) is 0 Å². The monoisotopic (exact) mass is 306 g/mol. The predicted molar refractivity (Wildman–Crippen MR) is 95.8 cm³/mol. The van der Waals surface area contributed by atoms with Crippen LogP contribution in [-0.4, -0.2) is 18.2 Å². The van der Waals surface area contributed by atoms with Crippen molar-refractivity contribution in [2.45, 2.75) is 33.6 Å². The number of anilines is 1. The zero-order valence-corrected chi connectivity index (χ0v) is 14.0. The van der Waals surface area contributed by atoms with Gasteiger partial charge in [0.2, 0.25) is 0 Å². The number of rotatable bonds is 4. The molecule has 0 radical (unpaired) electrons. The molecule has 0 atom stereocenters. The summed E-state index contributed by atoms with van der Waals surface area (Å²) in [7, 11) is 0. The molecular weight excluding hydrogens is 284 g/mol. The van der Waals surface area contributed by atoms with Gasteiger partial charge in [0.1, 0.15) is 5.71 Å². The molecule has 3 heteroatoms. The van der Waals surface area contributed by atoms with Crippen molar-refractivity contribution in [2.24, 2.45) is 4.99 Å². The number of aryl methyl sites for hydroxylation is 2. The van der Waals surface area contributed by atoms with E-state index in [4.69, 9.17) is 0 Å². The van der Waals surface area contributed by atoms with Crippen LogP contribution in [0, 0.1) is 13.8 Å². The number of amides is 1. The van der Waals surface area contributed by atoms with Crippen molar-refractivity contribution in [3.63, 3.8) is 0 Å². The Labute approximate surface area is 137 Å². The second-order valence-corrected chi connectivity index (χ2v) is 6.13. The van der Waals surface area contributed by atoms with Gasteiger partial charge in [-0.15, -0.1) is 0 Å². The van der Waals surface area contributed by atoms with E-state index in [1.165, 1.54) is 0 Å². The predicted octanol–water partition coefficient (Wildman–Crippen LogP) is 4.57. The Morgan fingerprint density at radius 2 is 1.74 bits per heavy atom. The Bertz CT molecular complexity index is 757. The molecule has 0 N–H and O–H groups in total. The summed E-state index contributed by atoms with van der Waals surface area (Å²) >= 11 is 0. The van der Waals surface area contributed by atoms with Gasteiger partial charge in [-0.25, -0.2) is 4.99 Å². The third kappa shape index (κ3) is 3.04. The second kappa shape index (κ2) is 6.37. The van der Waals surface area contributed by atoms with E-state index in [-0.39, 0.29) is 5.91 Å². The van der Waals surface area contributed by atoms with E-state index in [2.05, 4.69) is 31.8 Å². The number of nitrogens with zero attached hydrogens (tertiary/aromatic N) is 2. The third-order valence-electron chi connectivity index (χ3n) is 4.08. The SMILES string of the molecule is CCCCN1C(=O)C(=Nc2cc(C)cc(C)c2)c2ccccc21. The number of carbonyl (C=O) groups is 1. The molecule has 1 amide bonds. The van der Waals surface area contributed by atoms with E-state index in [9.17, 15) is 4.79 Å². The van der Waals surface area contributed by atoms with Crippen molar-refractivity contribution in [2.75, 3.05) is 11.4 Å². The maximum Gasteiger partial charge on any atom is 0.277 e. The molecule has 0 aromatic heterocycles. The summed E-state index contributed by atoms with van der Waals surface area (Å²) in [6.07, 6.45) is 2.06. The summed E-state index contributed by atoms with van der Waals surface area (Å²) < 4.78 is 0. The first-order valence-electron chi connectivity index (χ1n) is 8.18. The highest BCUT2D eigenvalue weighted by atomic mass is 16.2. The molecule has 0 spiro atoms. The second-order valence-electron chi connectivity index (χ2n) is 6.13. The fraction of sp³-hybridized carbons (Fsp3) is 0.300. The molecule has 2 aromatic rings. The summed E-state index contributed by atoms with van der Waals surface area (Å²) in [5.41, 5.74) is 5.64. The average Bonchev–Trinajstić information content (AvgIpc) is 2.77. The molecule has 0 saturated heterocycles. The molecule has 0 unspecified atom stereocenters. The quantitative estimate of drug-likeness (QED) is 0.814. The molecule has 0 aliphatic carbocycles. The van der Waals surface area contributed by atoms with Crippen molar-refractivity contribution in [3.8, 4) is 0 Å². The lowest BCUT2D eigenvalue weighted by atomic mass is 10.1. The highest BCUT2D eigenvalue weighted by Gasteiger charge is 2.33. The van der Waals surface area contributed by atoms with E-state index in [1.54, 1.807) is 0 Å². The van der Waals surface area contributed by atoms with Gasteiger partial charge in [0, 0.05) is 12.1 Å². The van der Waals surface area contributed by atoms with Gasteiger partial charge in [0.25, 0.3) is 5.91 Å². The smallest absolute Gasteiger partial charge is 0.277 e. The Balaban J connectivity index is 2.05. The lowest BCUT2D eigenvalue weighted by Gasteiger charge is -2.15. The molecule has 0 bridgehead atoms. The molecule has 1 aliphatic heterocycles. The molecule has 3 nitrogen and oxygen atoms in total. The first kappa shape index (κ1) is 15.5. The zero-order valence-electron chi connectivity index (χ0n) is 14.0. The van der Waals surface area contributed by atoms with E-state index in [1.807, 2.05) is 41.3 Å². The van der Waals surface area contributed by atoms with Gasteiger partial charge in [-0.1, -0.05) is 37.6 Å². The number of fused-ring (bicyclic) bond motifs is 1. The van der Waals surface area contributed by atoms with E-state index >= 15 is 0 Å². The first-order chi connectivity index (χ1) is 11.1. The minimum Gasteiger partial charge on any atom is -0.306 e. The highest BCUT2D eigenvalue weighted by Crippen LogP contribution is 2.31. The van der Waals surface area contributed by atoms with E-state index < -0.39 is 0 Å². The molecule has 118 valence electrons. The maximum atomic E-state index is 12.8. The van der Waals surface area contributed by atoms with Crippen molar-refractivity contribution in [1.82, 2.24) is 0 Å². The van der Waals surface area contributed by atoms with Gasteiger partial charge in [0.15, 0.2) is 0 Å². The van der Waals surface area contributed by atoms with Crippen LogP contribution in [0.4, 0.5) is 11.4 Å². The van der Waals surface area contributed by atoms with Crippen LogP contribution in [0.15, 0.2) is 47.5 Å². The largest absolute Gasteiger partial charge is 0.306 e. The maximum absolute atomic E-state index is 12.8. The van der Waals surface area contributed by atoms with Gasteiger partial charge in [0.05, 0.1) is 11.4 Å². The van der Waals surface area contributed by atoms with Gasteiger partial charge in [-0.3, -0.25) is 4.79 Å². The standard InChI is InChI=1S/C20H22N2O/c1-4-5-10-22-18-9-7-6-8-17(18)19(20(22)23)21-16-12-14(2)11-15(3)13-16/h6-9,11-13H,4-5,10H2,1-3H3. The molecular formula is C20H22N2O. The fourth-order valence-electron chi connectivity index (χ4n) is 3.05. The van der Waals surface area contributed by atoms with Crippen molar-refractivity contribution in [1.29, 1.82) is 0 Å². The Hall–Kier alpha value is -2.42. The van der Waals surface area contributed by atoms with Crippen molar-refractivity contribution >= 4 is 23.0 Å².